The van der Waals surface area contributed by atoms with Crippen molar-refractivity contribution in [1.29, 1.82) is 0 Å². The molecule has 1 heterocycles. The Morgan fingerprint density at radius 2 is 1.80 bits per heavy atom. The van der Waals surface area contributed by atoms with Crippen LogP contribution in [-0.2, 0) is 0 Å². The lowest BCUT2D eigenvalue weighted by atomic mass is 9.71. The zero-order chi connectivity index (χ0) is 14.9. The summed E-state index contributed by atoms with van der Waals surface area (Å²) < 4.78 is 8.87. The van der Waals surface area contributed by atoms with Crippen LogP contribution in [0, 0.1) is 5.41 Å². The van der Waals surface area contributed by atoms with E-state index >= 15 is 0 Å². The fraction of sp³-hybridized carbons (Fsp3) is 0.421. The van der Waals surface area contributed by atoms with E-state index in [1.807, 2.05) is 30.5 Å². The molecule has 1 heteroatoms. The molecule has 1 aliphatic carbocycles. The maximum absolute atomic E-state index is 8.87. The van der Waals surface area contributed by atoms with Crippen LogP contribution in [-0.4, -0.2) is 4.98 Å². The first-order valence-electron chi connectivity index (χ1n) is 8.01. The Bertz CT molecular complexity index is 608. The van der Waals surface area contributed by atoms with Gasteiger partial charge in [-0.05, 0) is 54.7 Å². The van der Waals surface area contributed by atoms with Crippen LogP contribution in [0.4, 0.5) is 0 Å². The van der Waals surface area contributed by atoms with Gasteiger partial charge in [0, 0.05) is 13.1 Å². The van der Waals surface area contributed by atoms with E-state index in [1.165, 1.54) is 0 Å². The molecule has 0 unspecified atom stereocenters. The van der Waals surface area contributed by atoms with Crippen molar-refractivity contribution >= 4 is 0 Å². The number of hydrogen-bond donors (Lipinski definition) is 0. The number of benzene rings is 1. The Morgan fingerprint density at radius 1 is 1.10 bits per heavy atom. The van der Waals surface area contributed by atoms with E-state index in [1.54, 1.807) is 0 Å². The summed E-state index contributed by atoms with van der Waals surface area (Å²) in [6.07, 6.45) is 5.99. The topological polar surface area (TPSA) is 12.9 Å². The maximum atomic E-state index is 8.87. The number of pyridine rings is 1. The Kier molecular flexibility index (Phi) is 3.27. The summed E-state index contributed by atoms with van der Waals surface area (Å²) >= 11 is 0. The first kappa shape index (κ1) is 12.1. The van der Waals surface area contributed by atoms with Crippen LogP contribution >= 0.6 is 0 Å². The van der Waals surface area contributed by atoms with Crippen LogP contribution in [0.5, 0.6) is 0 Å². The van der Waals surface area contributed by atoms with Crippen molar-refractivity contribution in [1.82, 2.24) is 4.98 Å². The lowest BCUT2D eigenvalue weighted by Crippen LogP contribution is -2.20. The van der Waals surface area contributed by atoms with Crippen LogP contribution in [0.2, 0.25) is 0 Å². The Labute approximate surface area is 123 Å². The van der Waals surface area contributed by atoms with Crippen molar-refractivity contribution in [3.63, 3.8) is 0 Å². The highest BCUT2D eigenvalue weighted by molar-refractivity contribution is 5.59. The Hall–Kier alpha value is -1.63. The molecule has 0 radical (unpaired) electrons. The van der Waals surface area contributed by atoms with Gasteiger partial charge in [-0.1, -0.05) is 44.2 Å². The molecule has 1 nitrogen and oxygen atoms in total. The maximum Gasteiger partial charge on any atom is 0.0704 e. The molecular formula is C19H23N. The summed E-state index contributed by atoms with van der Waals surface area (Å²) in [5.41, 5.74) is 3.61. The minimum Gasteiger partial charge on any atom is -0.256 e. The third-order valence-corrected chi connectivity index (χ3v) is 4.44. The molecule has 1 fully saturated rings. The third kappa shape index (κ3) is 2.92. The molecule has 0 saturated heterocycles. The fourth-order valence-corrected chi connectivity index (χ4v) is 2.93. The molecule has 1 aromatic carbocycles. The van der Waals surface area contributed by atoms with E-state index in [-0.39, 0.29) is 0 Å². The molecule has 0 N–H and O–H groups in total. The van der Waals surface area contributed by atoms with Crippen LogP contribution in [0.15, 0.2) is 48.7 Å². The van der Waals surface area contributed by atoms with Crippen LogP contribution in [0.1, 0.15) is 52.4 Å². The molecule has 0 amide bonds. The van der Waals surface area contributed by atoms with Gasteiger partial charge in [-0.3, -0.25) is 4.98 Å². The molecule has 0 bridgehead atoms. The average Bonchev–Trinajstić information content (AvgIpc) is 2.52. The van der Waals surface area contributed by atoms with Crippen molar-refractivity contribution in [2.24, 2.45) is 5.41 Å². The molecule has 20 heavy (non-hydrogen) atoms. The lowest BCUT2D eigenvalue weighted by molar-refractivity contribution is 0.224. The summed E-state index contributed by atoms with van der Waals surface area (Å²) in [5.74, 6) is -0.442. The Balaban J connectivity index is 1.90. The standard InChI is InChI=1S/C19H23N/c1-19(2)11-8-15(9-12-19)17-10-13-20-18(14-17)16-6-4-3-5-7-16/h3-7,10,13-15H,8-9,11-12H2,1-2H3/i15D. The monoisotopic (exact) mass is 266 g/mol. The van der Waals surface area contributed by atoms with Gasteiger partial charge in [0.1, 0.15) is 0 Å². The van der Waals surface area contributed by atoms with Gasteiger partial charge in [0.2, 0.25) is 0 Å². The lowest BCUT2D eigenvalue weighted by Gasteiger charge is -2.34. The summed E-state index contributed by atoms with van der Waals surface area (Å²) in [5, 5.41) is 0. The second-order valence-corrected chi connectivity index (χ2v) is 6.56. The summed E-state index contributed by atoms with van der Waals surface area (Å²) in [6.45, 7) is 4.63. The molecule has 1 aliphatic rings. The van der Waals surface area contributed by atoms with Gasteiger partial charge in [0.25, 0.3) is 0 Å². The SMILES string of the molecule is [2H]C1(c2ccnc(-c3ccccc3)c2)CCC(C)(C)CC1. The summed E-state index contributed by atoms with van der Waals surface area (Å²) in [4.78, 5) is 4.48. The van der Waals surface area contributed by atoms with Gasteiger partial charge in [-0.25, -0.2) is 0 Å². The van der Waals surface area contributed by atoms with E-state index in [0.29, 0.717) is 5.41 Å². The van der Waals surface area contributed by atoms with Gasteiger partial charge in [-0.2, -0.15) is 0 Å². The zero-order valence-electron chi connectivity index (χ0n) is 13.4. The zero-order valence-corrected chi connectivity index (χ0v) is 12.4. The van der Waals surface area contributed by atoms with Gasteiger partial charge in [0.05, 0.1) is 5.69 Å². The van der Waals surface area contributed by atoms with E-state index in [9.17, 15) is 0 Å². The van der Waals surface area contributed by atoms with E-state index in [2.05, 4.69) is 37.0 Å². The molecule has 1 aromatic heterocycles. The average molecular weight is 266 g/mol. The molecule has 104 valence electrons. The highest BCUT2D eigenvalue weighted by atomic mass is 14.7. The summed E-state index contributed by atoms with van der Waals surface area (Å²) in [7, 11) is 0. The molecule has 0 spiro atoms. The predicted molar refractivity (Wildman–Crippen MR) is 84.7 cm³/mol. The predicted octanol–water partition coefficient (Wildman–Crippen LogP) is 5.43. The highest BCUT2D eigenvalue weighted by Gasteiger charge is 2.27. The molecule has 0 aliphatic heterocycles. The van der Waals surface area contributed by atoms with Crippen molar-refractivity contribution in [2.75, 3.05) is 0 Å². The van der Waals surface area contributed by atoms with E-state index < -0.39 is 5.89 Å². The second kappa shape index (κ2) is 5.40. The number of aromatic nitrogens is 1. The number of rotatable bonds is 2. The van der Waals surface area contributed by atoms with Gasteiger partial charge < -0.3 is 0 Å². The minimum absolute atomic E-state index is 0.389. The van der Waals surface area contributed by atoms with Crippen molar-refractivity contribution in [3.05, 3.63) is 54.2 Å². The fourth-order valence-electron chi connectivity index (χ4n) is 2.93. The Morgan fingerprint density at radius 3 is 2.50 bits per heavy atom. The van der Waals surface area contributed by atoms with Gasteiger partial charge in [0.15, 0.2) is 0 Å². The second-order valence-electron chi connectivity index (χ2n) is 6.56. The van der Waals surface area contributed by atoms with E-state index in [4.69, 9.17) is 1.37 Å². The van der Waals surface area contributed by atoms with Crippen LogP contribution in [0.3, 0.4) is 0 Å². The molecular weight excluding hydrogens is 242 g/mol. The van der Waals surface area contributed by atoms with Crippen molar-refractivity contribution < 1.29 is 1.37 Å². The quantitative estimate of drug-likeness (QED) is 0.706. The summed E-state index contributed by atoms with van der Waals surface area (Å²) in [6, 6.07) is 14.4. The van der Waals surface area contributed by atoms with Crippen molar-refractivity contribution in [2.45, 2.75) is 45.4 Å². The van der Waals surface area contributed by atoms with Gasteiger partial charge >= 0.3 is 0 Å². The highest BCUT2D eigenvalue weighted by Crippen LogP contribution is 2.42. The molecule has 0 atom stereocenters. The van der Waals surface area contributed by atoms with E-state index in [0.717, 1.165) is 42.5 Å². The number of hydrogen-bond acceptors (Lipinski definition) is 1. The van der Waals surface area contributed by atoms with Crippen LogP contribution in [0.25, 0.3) is 11.3 Å². The first-order valence-corrected chi connectivity index (χ1v) is 7.51. The largest absolute Gasteiger partial charge is 0.256 e. The molecule has 2 aromatic rings. The molecule has 3 rings (SSSR count). The minimum atomic E-state index is -0.442. The van der Waals surface area contributed by atoms with Crippen LogP contribution < -0.4 is 0 Å². The van der Waals surface area contributed by atoms with Gasteiger partial charge in [-0.15, -0.1) is 0 Å². The first-order chi connectivity index (χ1) is 9.99. The normalized spacial score (nSPS) is 21.2. The third-order valence-electron chi connectivity index (χ3n) is 4.44. The van der Waals surface area contributed by atoms with Crippen molar-refractivity contribution in [3.8, 4) is 11.3 Å². The number of nitrogens with zero attached hydrogens (tertiary/aromatic N) is 1. The smallest absolute Gasteiger partial charge is 0.0704 e. The molecule has 1 saturated carbocycles.